The number of nitriles is 1. The Balaban J connectivity index is 1.79. The van der Waals surface area contributed by atoms with E-state index in [1.165, 1.54) is 0 Å². The van der Waals surface area contributed by atoms with E-state index in [9.17, 15) is 4.79 Å². The summed E-state index contributed by atoms with van der Waals surface area (Å²) in [5.74, 6) is 0.0548. The third-order valence-electron chi connectivity index (χ3n) is 3.46. The molecule has 0 bridgehead atoms. The molecule has 4 nitrogen and oxygen atoms in total. The van der Waals surface area contributed by atoms with E-state index in [0.717, 1.165) is 36.3 Å². The first-order valence-corrected chi connectivity index (χ1v) is 7.80. The number of nitrogens with zero attached hydrogens (tertiary/aromatic N) is 1. The van der Waals surface area contributed by atoms with Crippen LogP contribution in [0.3, 0.4) is 0 Å². The smallest absolute Gasteiger partial charge is 0.224 e. The highest BCUT2D eigenvalue weighted by Gasteiger charge is 2.01. The minimum atomic E-state index is 0.0548. The number of rotatable bonds is 7. The quantitative estimate of drug-likeness (QED) is 0.821. The molecule has 0 atom stereocenters. The van der Waals surface area contributed by atoms with Crippen LogP contribution in [0.2, 0.25) is 0 Å². The van der Waals surface area contributed by atoms with Gasteiger partial charge in [0.05, 0.1) is 11.6 Å². The third kappa shape index (κ3) is 5.57. The van der Waals surface area contributed by atoms with Crippen LogP contribution < -0.4 is 10.6 Å². The number of hydrogen-bond donors (Lipinski definition) is 2. The van der Waals surface area contributed by atoms with Crippen LogP contribution in [-0.4, -0.2) is 5.91 Å². The molecule has 0 aliphatic carbocycles. The molecule has 0 saturated heterocycles. The van der Waals surface area contributed by atoms with Gasteiger partial charge in [0.15, 0.2) is 0 Å². The van der Waals surface area contributed by atoms with Gasteiger partial charge in [-0.1, -0.05) is 31.2 Å². The van der Waals surface area contributed by atoms with Gasteiger partial charge in [0.25, 0.3) is 0 Å². The van der Waals surface area contributed by atoms with Gasteiger partial charge in [0.1, 0.15) is 0 Å². The zero-order valence-electron chi connectivity index (χ0n) is 13.3. The largest absolute Gasteiger partial charge is 0.326 e. The van der Waals surface area contributed by atoms with Gasteiger partial charge in [-0.3, -0.25) is 4.79 Å². The lowest BCUT2D eigenvalue weighted by atomic mass is 10.1. The maximum Gasteiger partial charge on any atom is 0.224 e. The van der Waals surface area contributed by atoms with Crippen LogP contribution in [0.4, 0.5) is 5.69 Å². The lowest BCUT2D eigenvalue weighted by Crippen LogP contribution is -2.13. The molecule has 2 aromatic carbocycles. The minimum Gasteiger partial charge on any atom is -0.326 e. The first-order valence-electron chi connectivity index (χ1n) is 7.80. The molecule has 0 aromatic heterocycles. The van der Waals surface area contributed by atoms with E-state index in [0.29, 0.717) is 12.0 Å². The molecule has 23 heavy (non-hydrogen) atoms. The summed E-state index contributed by atoms with van der Waals surface area (Å²) in [6, 6.07) is 17.5. The van der Waals surface area contributed by atoms with Gasteiger partial charge in [0, 0.05) is 25.2 Å². The van der Waals surface area contributed by atoms with Crippen molar-refractivity contribution in [2.45, 2.75) is 32.9 Å². The minimum absolute atomic E-state index is 0.0548. The number of nitrogens with one attached hydrogen (secondary N) is 2. The van der Waals surface area contributed by atoms with E-state index in [1.54, 1.807) is 0 Å². The van der Waals surface area contributed by atoms with Gasteiger partial charge in [-0.25, -0.2) is 0 Å². The Kier molecular flexibility index (Phi) is 6.34. The molecule has 0 aliphatic heterocycles. The van der Waals surface area contributed by atoms with Crippen LogP contribution in [0.5, 0.6) is 0 Å². The highest BCUT2D eigenvalue weighted by Crippen LogP contribution is 2.10. The van der Waals surface area contributed by atoms with Gasteiger partial charge < -0.3 is 10.6 Å². The highest BCUT2D eigenvalue weighted by atomic mass is 16.1. The molecule has 0 spiro atoms. The van der Waals surface area contributed by atoms with E-state index in [-0.39, 0.29) is 5.91 Å². The summed E-state index contributed by atoms with van der Waals surface area (Å²) >= 11 is 0. The fraction of sp³-hybridized carbons (Fsp3) is 0.263. The summed E-state index contributed by atoms with van der Waals surface area (Å²) in [6.45, 7) is 3.49. The summed E-state index contributed by atoms with van der Waals surface area (Å²) in [6.07, 6.45) is 1.40. The molecule has 2 N–H and O–H groups in total. The van der Waals surface area contributed by atoms with Crippen molar-refractivity contribution in [2.75, 3.05) is 5.32 Å². The van der Waals surface area contributed by atoms with Crippen molar-refractivity contribution in [3.8, 4) is 6.07 Å². The van der Waals surface area contributed by atoms with Gasteiger partial charge >= 0.3 is 0 Å². The number of anilines is 1. The van der Waals surface area contributed by atoms with Gasteiger partial charge in [-0.05, 0) is 41.8 Å². The number of amides is 1. The number of hydrogen-bond acceptors (Lipinski definition) is 3. The molecule has 4 heteroatoms. The molecule has 2 rings (SSSR count). The van der Waals surface area contributed by atoms with Crippen molar-refractivity contribution in [1.82, 2.24) is 5.32 Å². The third-order valence-corrected chi connectivity index (χ3v) is 3.46. The fourth-order valence-corrected chi connectivity index (χ4v) is 2.20. The first-order chi connectivity index (χ1) is 11.2. The zero-order valence-corrected chi connectivity index (χ0v) is 13.3. The normalized spacial score (nSPS) is 10.1. The molecule has 0 unspecified atom stereocenters. The summed E-state index contributed by atoms with van der Waals surface area (Å²) in [4.78, 5) is 11.5. The molecule has 0 radical (unpaired) electrons. The Hall–Kier alpha value is -2.64. The molecule has 118 valence electrons. The van der Waals surface area contributed by atoms with Crippen LogP contribution in [-0.2, 0) is 17.9 Å². The SMILES string of the molecule is CCCC(=O)Nc1ccc(CNCc2ccc(C#N)cc2)cc1. The van der Waals surface area contributed by atoms with E-state index in [4.69, 9.17) is 5.26 Å². The van der Waals surface area contributed by atoms with Gasteiger partial charge in [-0.15, -0.1) is 0 Å². The van der Waals surface area contributed by atoms with E-state index >= 15 is 0 Å². The van der Waals surface area contributed by atoms with Crippen LogP contribution in [0.1, 0.15) is 36.5 Å². The van der Waals surface area contributed by atoms with Crippen LogP contribution >= 0.6 is 0 Å². The Morgan fingerprint density at radius 3 is 2.09 bits per heavy atom. The fourth-order valence-electron chi connectivity index (χ4n) is 2.20. The standard InChI is InChI=1S/C19H21N3O/c1-2-3-19(23)22-18-10-8-17(9-11-18)14-21-13-16-6-4-15(12-20)5-7-16/h4-11,21H,2-3,13-14H2,1H3,(H,22,23). The molecule has 0 aliphatic rings. The summed E-state index contributed by atoms with van der Waals surface area (Å²) < 4.78 is 0. The maximum absolute atomic E-state index is 11.5. The highest BCUT2D eigenvalue weighted by molar-refractivity contribution is 5.90. The Morgan fingerprint density at radius 1 is 1.00 bits per heavy atom. The summed E-state index contributed by atoms with van der Waals surface area (Å²) in [5, 5.41) is 15.0. The molecule has 0 heterocycles. The molecule has 2 aromatic rings. The number of carbonyl (C=O) groups excluding carboxylic acids is 1. The Morgan fingerprint density at radius 2 is 1.57 bits per heavy atom. The molecular weight excluding hydrogens is 286 g/mol. The topological polar surface area (TPSA) is 64.9 Å². The van der Waals surface area contributed by atoms with Crippen molar-refractivity contribution in [3.05, 3.63) is 65.2 Å². The monoisotopic (exact) mass is 307 g/mol. The van der Waals surface area contributed by atoms with Gasteiger partial charge in [-0.2, -0.15) is 5.26 Å². The zero-order chi connectivity index (χ0) is 16.5. The second-order valence-electron chi connectivity index (χ2n) is 5.41. The van der Waals surface area contributed by atoms with Crippen molar-refractivity contribution in [3.63, 3.8) is 0 Å². The number of benzene rings is 2. The maximum atomic E-state index is 11.5. The van der Waals surface area contributed by atoms with Crippen molar-refractivity contribution in [1.29, 1.82) is 5.26 Å². The van der Waals surface area contributed by atoms with E-state index in [1.807, 2.05) is 55.5 Å². The molecule has 0 fully saturated rings. The summed E-state index contributed by atoms with van der Waals surface area (Å²) in [5.41, 5.74) is 3.81. The lowest BCUT2D eigenvalue weighted by molar-refractivity contribution is -0.116. The Bertz CT molecular complexity index is 669. The van der Waals surface area contributed by atoms with Crippen LogP contribution in [0.15, 0.2) is 48.5 Å². The molecular formula is C19H21N3O. The van der Waals surface area contributed by atoms with Crippen LogP contribution in [0, 0.1) is 11.3 Å². The van der Waals surface area contributed by atoms with E-state index < -0.39 is 0 Å². The van der Waals surface area contributed by atoms with Gasteiger partial charge in [0.2, 0.25) is 5.91 Å². The number of carbonyl (C=O) groups is 1. The summed E-state index contributed by atoms with van der Waals surface area (Å²) in [7, 11) is 0. The lowest BCUT2D eigenvalue weighted by Gasteiger charge is -2.08. The average molecular weight is 307 g/mol. The van der Waals surface area contributed by atoms with Crippen molar-refractivity contribution >= 4 is 11.6 Å². The van der Waals surface area contributed by atoms with Crippen molar-refractivity contribution < 1.29 is 4.79 Å². The molecule has 1 amide bonds. The van der Waals surface area contributed by atoms with Crippen molar-refractivity contribution in [2.24, 2.45) is 0 Å². The molecule has 0 saturated carbocycles. The van der Waals surface area contributed by atoms with E-state index in [2.05, 4.69) is 16.7 Å². The van der Waals surface area contributed by atoms with Crippen LogP contribution in [0.25, 0.3) is 0 Å². The second kappa shape index (κ2) is 8.72. The Labute approximate surface area is 137 Å². The second-order valence-corrected chi connectivity index (χ2v) is 5.41. The average Bonchev–Trinajstić information content (AvgIpc) is 2.57. The first kappa shape index (κ1) is 16.7. The predicted octanol–water partition coefficient (Wildman–Crippen LogP) is 3.59. The predicted molar refractivity (Wildman–Crippen MR) is 91.7 cm³/mol.